The third-order valence-corrected chi connectivity index (χ3v) is 5.89. The normalized spacial score (nSPS) is 16.4. The van der Waals surface area contributed by atoms with E-state index < -0.39 is 0 Å². The van der Waals surface area contributed by atoms with Crippen LogP contribution in [0.2, 0.25) is 0 Å². The van der Waals surface area contributed by atoms with Crippen molar-refractivity contribution in [3.8, 4) is 11.4 Å². The minimum Gasteiger partial charge on any atom is -0.332 e. The van der Waals surface area contributed by atoms with Crippen molar-refractivity contribution in [2.45, 2.75) is 32.2 Å². The lowest BCUT2D eigenvalue weighted by Gasteiger charge is -2.31. The van der Waals surface area contributed by atoms with E-state index in [-0.39, 0.29) is 0 Å². The zero-order valence-electron chi connectivity index (χ0n) is 14.6. The Hall–Kier alpha value is -2.12. The summed E-state index contributed by atoms with van der Waals surface area (Å²) in [5, 5.41) is 0. The first-order valence-corrected chi connectivity index (χ1v) is 9.49. The number of aromatic nitrogens is 5. The van der Waals surface area contributed by atoms with Gasteiger partial charge in [-0.2, -0.15) is 0 Å². The Morgan fingerprint density at radius 2 is 1.96 bits per heavy atom. The van der Waals surface area contributed by atoms with Crippen LogP contribution in [0.3, 0.4) is 0 Å². The predicted molar refractivity (Wildman–Crippen MR) is 98.3 cm³/mol. The standard InChI is InChI=1S/C18H22N6S/c1-13-16(25-12-22-13)10-24-7-3-14(4-8-24)17-18(21-6-5-20-17)15-9-19-11-23(15)2/h5-6,9,11-12,14H,3-4,7-8,10H2,1-2H3. The van der Waals surface area contributed by atoms with E-state index >= 15 is 0 Å². The average Bonchev–Trinajstić information content (AvgIpc) is 3.24. The second-order valence-corrected chi connectivity index (χ2v) is 7.53. The predicted octanol–water partition coefficient (Wildman–Crippen LogP) is 3.02. The second-order valence-electron chi connectivity index (χ2n) is 6.59. The summed E-state index contributed by atoms with van der Waals surface area (Å²) in [7, 11) is 2.00. The number of imidazole rings is 1. The fraction of sp³-hybridized carbons (Fsp3) is 0.444. The van der Waals surface area contributed by atoms with Gasteiger partial charge in [0.1, 0.15) is 5.69 Å². The lowest BCUT2D eigenvalue weighted by molar-refractivity contribution is 0.204. The number of thiazole rings is 1. The number of hydrogen-bond donors (Lipinski definition) is 0. The molecule has 0 N–H and O–H groups in total. The molecule has 1 aliphatic rings. The molecule has 0 spiro atoms. The van der Waals surface area contributed by atoms with Crippen molar-refractivity contribution in [2.75, 3.05) is 13.1 Å². The van der Waals surface area contributed by atoms with E-state index in [1.807, 2.05) is 35.8 Å². The highest BCUT2D eigenvalue weighted by molar-refractivity contribution is 7.09. The maximum absolute atomic E-state index is 4.68. The summed E-state index contributed by atoms with van der Waals surface area (Å²) in [5.41, 5.74) is 6.22. The molecule has 1 fully saturated rings. The maximum Gasteiger partial charge on any atom is 0.110 e. The molecule has 0 radical (unpaired) electrons. The summed E-state index contributed by atoms with van der Waals surface area (Å²) in [6, 6.07) is 0. The molecule has 0 unspecified atom stereocenters. The number of piperidine rings is 1. The van der Waals surface area contributed by atoms with Crippen molar-refractivity contribution >= 4 is 11.3 Å². The highest BCUT2D eigenvalue weighted by Crippen LogP contribution is 2.33. The third kappa shape index (κ3) is 3.34. The van der Waals surface area contributed by atoms with Crippen LogP contribution in [0.1, 0.15) is 35.0 Å². The van der Waals surface area contributed by atoms with Crippen LogP contribution in [-0.2, 0) is 13.6 Å². The van der Waals surface area contributed by atoms with Crippen molar-refractivity contribution < 1.29 is 0 Å². The van der Waals surface area contributed by atoms with Gasteiger partial charge in [0.05, 0.1) is 35.1 Å². The van der Waals surface area contributed by atoms with Gasteiger partial charge in [-0.1, -0.05) is 0 Å². The summed E-state index contributed by atoms with van der Waals surface area (Å²) >= 11 is 1.76. The van der Waals surface area contributed by atoms with E-state index in [2.05, 4.69) is 31.8 Å². The topological polar surface area (TPSA) is 59.7 Å². The molecule has 3 aromatic rings. The minimum absolute atomic E-state index is 0.456. The van der Waals surface area contributed by atoms with Gasteiger partial charge in [-0.05, 0) is 32.9 Å². The Labute approximate surface area is 151 Å². The van der Waals surface area contributed by atoms with Crippen LogP contribution in [0.5, 0.6) is 0 Å². The van der Waals surface area contributed by atoms with Crippen LogP contribution >= 0.6 is 11.3 Å². The molecular weight excluding hydrogens is 332 g/mol. The summed E-state index contributed by atoms with van der Waals surface area (Å²) in [6.07, 6.45) is 9.49. The Morgan fingerprint density at radius 1 is 1.16 bits per heavy atom. The van der Waals surface area contributed by atoms with Crippen molar-refractivity contribution in [3.63, 3.8) is 0 Å². The molecule has 4 rings (SSSR count). The molecule has 7 heteroatoms. The maximum atomic E-state index is 4.68. The molecule has 0 aromatic carbocycles. The zero-order valence-corrected chi connectivity index (χ0v) is 15.4. The number of hydrogen-bond acceptors (Lipinski definition) is 6. The molecule has 0 bridgehead atoms. The summed E-state index contributed by atoms with van der Waals surface area (Å²) < 4.78 is 2.01. The van der Waals surface area contributed by atoms with E-state index in [0.29, 0.717) is 5.92 Å². The molecule has 4 heterocycles. The minimum atomic E-state index is 0.456. The number of nitrogens with zero attached hydrogens (tertiary/aromatic N) is 6. The van der Waals surface area contributed by atoms with Crippen LogP contribution < -0.4 is 0 Å². The van der Waals surface area contributed by atoms with Crippen molar-refractivity contribution in [1.82, 2.24) is 29.4 Å². The fourth-order valence-electron chi connectivity index (χ4n) is 3.48. The fourth-order valence-corrected chi connectivity index (χ4v) is 4.29. The van der Waals surface area contributed by atoms with Gasteiger partial charge in [-0.25, -0.2) is 9.97 Å². The summed E-state index contributed by atoms with van der Waals surface area (Å²) in [5.74, 6) is 0.456. The first kappa shape index (κ1) is 16.4. The van der Waals surface area contributed by atoms with Gasteiger partial charge in [0, 0.05) is 36.8 Å². The zero-order chi connectivity index (χ0) is 17.2. The van der Waals surface area contributed by atoms with E-state index in [9.17, 15) is 0 Å². The van der Waals surface area contributed by atoms with Gasteiger partial charge in [0.15, 0.2) is 0 Å². The van der Waals surface area contributed by atoms with Crippen LogP contribution in [0.4, 0.5) is 0 Å². The smallest absolute Gasteiger partial charge is 0.110 e. The molecule has 130 valence electrons. The molecule has 6 nitrogen and oxygen atoms in total. The number of likely N-dealkylation sites (tertiary alicyclic amines) is 1. The molecule has 0 amide bonds. The van der Waals surface area contributed by atoms with E-state index in [1.54, 1.807) is 17.5 Å². The Balaban J connectivity index is 1.48. The largest absolute Gasteiger partial charge is 0.332 e. The average molecular weight is 354 g/mol. The molecular formula is C18H22N6S. The highest BCUT2D eigenvalue weighted by Gasteiger charge is 2.25. The van der Waals surface area contributed by atoms with Gasteiger partial charge in [0.2, 0.25) is 0 Å². The Morgan fingerprint density at radius 3 is 2.64 bits per heavy atom. The SMILES string of the molecule is Cc1ncsc1CN1CCC(c2nccnc2-c2cncn2C)CC1. The van der Waals surface area contributed by atoms with Gasteiger partial charge >= 0.3 is 0 Å². The van der Waals surface area contributed by atoms with E-state index in [4.69, 9.17) is 0 Å². The van der Waals surface area contributed by atoms with Crippen LogP contribution in [0.15, 0.2) is 30.4 Å². The first-order valence-electron chi connectivity index (χ1n) is 8.61. The van der Waals surface area contributed by atoms with Gasteiger partial charge in [-0.15, -0.1) is 11.3 Å². The molecule has 0 atom stereocenters. The van der Waals surface area contributed by atoms with Gasteiger partial charge in [-0.3, -0.25) is 14.9 Å². The summed E-state index contributed by atoms with van der Waals surface area (Å²) in [6.45, 7) is 5.28. The van der Waals surface area contributed by atoms with Crippen molar-refractivity contribution in [1.29, 1.82) is 0 Å². The molecule has 0 aliphatic carbocycles. The van der Waals surface area contributed by atoms with Crippen LogP contribution in [0, 0.1) is 6.92 Å². The number of aryl methyl sites for hydroxylation is 2. The lowest BCUT2D eigenvalue weighted by atomic mass is 9.91. The van der Waals surface area contributed by atoms with Crippen LogP contribution in [-0.4, -0.2) is 42.5 Å². The molecule has 25 heavy (non-hydrogen) atoms. The van der Waals surface area contributed by atoms with Crippen molar-refractivity contribution in [2.24, 2.45) is 7.05 Å². The quantitative estimate of drug-likeness (QED) is 0.721. The van der Waals surface area contributed by atoms with Gasteiger partial charge in [0.25, 0.3) is 0 Å². The third-order valence-electron chi connectivity index (χ3n) is 4.97. The lowest BCUT2D eigenvalue weighted by Crippen LogP contribution is -2.32. The van der Waals surface area contributed by atoms with E-state index in [0.717, 1.165) is 49.6 Å². The molecule has 1 saturated heterocycles. The monoisotopic (exact) mass is 354 g/mol. The molecule has 0 saturated carbocycles. The Bertz CT molecular complexity index is 847. The first-order chi connectivity index (χ1) is 12.2. The summed E-state index contributed by atoms with van der Waals surface area (Å²) in [4.78, 5) is 21.8. The molecule has 1 aliphatic heterocycles. The molecule has 3 aromatic heterocycles. The van der Waals surface area contributed by atoms with Gasteiger partial charge < -0.3 is 4.57 Å². The number of rotatable bonds is 4. The second kappa shape index (κ2) is 7.01. The Kier molecular flexibility index (Phi) is 4.59. The van der Waals surface area contributed by atoms with Crippen LogP contribution in [0.25, 0.3) is 11.4 Å². The highest BCUT2D eigenvalue weighted by atomic mass is 32.1. The van der Waals surface area contributed by atoms with Crippen molar-refractivity contribution in [3.05, 3.63) is 46.7 Å². The van der Waals surface area contributed by atoms with E-state index in [1.165, 1.54) is 10.6 Å².